The van der Waals surface area contributed by atoms with Crippen molar-refractivity contribution >= 4 is 11.8 Å². The van der Waals surface area contributed by atoms with Gasteiger partial charge in [0.05, 0.1) is 6.61 Å². The summed E-state index contributed by atoms with van der Waals surface area (Å²) in [6.07, 6.45) is 3.07. The number of nitrogens with zero attached hydrogens (tertiary/aromatic N) is 1. The van der Waals surface area contributed by atoms with E-state index in [0.717, 1.165) is 37.3 Å². The fourth-order valence-electron chi connectivity index (χ4n) is 2.51. The van der Waals surface area contributed by atoms with E-state index < -0.39 is 6.09 Å². The minimum Gasteiger partial charge on any atom is -0.448 e. The van der Waals surface area contributed by atoms with Crippen LogP contribution in [0, 0.1) is 0 Å². The topological polar surface area (TPSA) is 50.8 Å². The molecular formula is C17H26N2O3. The summed E-state index contributed by atoms with van der Waals surface area (Å²) in [6.45, 7) is 6.76. The van der Waals surface area contributed by atoms with Gasteiger partial charge in [0.15, 0.2) is 0 Å². The molecule has 22 heavy (non-hydrogen) atoms. The molecule has 5 heteroatoms. The van der Waals surface area contributed by atoms with Crippen molar-refractivity contribution in [3.8, 4) is 0 Å². The molecule has 1 fully saturated rings. The maximum Gasteiger partial charge on any atom is 0.411 e. The van der Waals surface area contributed by atoms with E-state index in [9.17, 15) is 4.79 Å². The zero-order chi connectivity index (χ0) is 15.6. The highest BCUT2D eigenvalue weighted by atomic mass is 16.5. The minimum absolute atomic E-state index is 0.401. The number of carbonyl (C=O) groups is 1. The molecule has 1 heterocycles. The molecule has 1 amide bonds. The predicted molar refractivity (Wildman–Crippen MR) is 87.0 cm³/mol. The Morgan fingerprint density at radius 1 is 1.23 bits per heavy atom. The number of likely N-dealkylation sites (tertiary alicyclic amines) is 1. The summed E-state index contributed by atoms with van der Waals surface area (Å²) in [5, 5.41) is 2.80. The molecule has 1 aliphatic rings. The van der Waals surface area contributed by atoms with E-state index in [1.165, 1.54) is 12.8 Å². The monoisotopic (exact) mass is 306 g/mol. The second-order valence-corrected chi connectivity index (χ2v) is 5.52. The Bertz CT molecular complexity index is 459. The zero-order valence-electron chi connectivity index (χ0n) is 13.3. The lowest BCUT2D eigenvalue weighted by molar-refractivity contribution is 0.121. The molecule has 122 valence electrons. The zero-order valence-corrected chi connectivity index (χ0v) is 13.3. The van der Waals surface area contributed by atoms with Crippen LogP contribution in [0.5, 0.6) is 0 Å². The van der Waals surface area contributed by atoms with Gasteiger partial charge in [-0.3, -0.25) is 10.2 Å². The second-order valence-electron chi connectivity index (χ2n) is 5.52. The van der Waals surface area contributed by atoms with Crippen LogP contribution in [0.25, 0.3) is 0 Å². The Balaban J connectivity index is 1.75. The highest BCUT2D eigenvalue weighted by molar-refractivity contribution is 5.85. The van der Waals surface area contributed by atoms with Crippen molar-refractivity contribution in [3.05, 3.63) is 29.8 Å². The maximum absolute atomic E-state index is 11.9. The summed E-state index contributed by atoms with van der Waals surface area (Å²) < 4.78 is 10.8. The largest absolute Gasteiger partial charge is 0.448 e. The third kappa shape index (κ3) is 5.66. The first-order valence-electron chi connectivity index (χ1n) is 8.11. The van der Waals surface area contributed by atoms with Crippen LogP contribution >= 0.6 is 0 Å². The van der Waals surface area contributed by atoms with Gasteiger partial charge in [0.2, 0.25) is 0 Å². The molecular weight excluding hydrogens is 280 g/mol. The number of rotatable bonds is 8. The van der Waals surface area contributed by atoms with Gasteiger partial charge in [-0.15, -0.1) is 0 Å². The SMILES string of the molecule is CCCOCc1ccccc1NC(=O)OCCN1CCCC1. The summed E-state index contributed by atoms with van der Waals surface area (Å²) >= 11 is 0. The van der Waals surface area contributed by atoms with E-state index in [1.54, 1.807) is 0 Å². The third-order valence-corrected chi connectivity index (χ3v) is 3.70. The smallest absolute Gasteiger partial charge is 0.411 e. The van der Waals surface area contributed by atoms with Crippen molar-refractivity contribution < 1.29 is 14.3 Å². The van der Waals surface area contributed by atoms with Crippen molar-refractivity contribution in [2.45, 2.75) is 32.8 Å². The van der Waals surface area contributed by atoms with Crippen molar-refractivity contribution in [2.24, 2.45) is 0 Å². The van der Waals surface area contributed by atoms with E-state index in [1.807, 2.05) is 24.3 Å². The standard InChI is InChI=1S/C17H26N2O3/c1-2-12-21-14-15-7-3-4-8-16(15)18-17(20)22-13-11-19-9-5-6-10-19/h3-4,7-8H,2,5-6,9-14H2,1H3,(H,18,20). The second kappa shape index (κ2) is 9.43. The molecule has 0 bridgehead atoms. The number of hydrogen-bond donors (Lipinski definition) is 1. The van der Waals surface area contributed by atoms with Crippen LogP contribution in [0.3, 0.4) is 0 Å². The summed E-state index contributed by atoms with van der Waals surface area (Å²) in [4.78, 5) is 14.2. The number of nitrogens with one attached hydrogen (secondary N) is 1. The Kier molecular flexibility index (Phi) is 7.19. The molecule has 0 radical (unpaired) electrons. The number of carbonyl (C=O) groups excluding carboxylic acids is 1. The lowest BCUT2D eigenvalue weighted by atomic mass is 10.2. The Morgan fingerprint density at radius 2 is 2.00 bits per heavy atom. The Hall–Kier alpha value is -1.59. The number of amides is 1. The van der Waals surface area contributed by atoms with Crippen molar-refractivity contribution in [1.29, 1.82) is 0 Å². The summed E-state index contributed by atoms with van der Waals surface area (Å²) in [5.74, 6) is 0. The Labute approximate surface area is 132 Å². The quantitative estimate of drug-likeness (QED) is 0.749. The van der Waals surface area contributed by atoms with Gasteiger partial charge in [-0.2, -0.15) is 0 Å². The van der Waals surface area contributed by atoms with Crippen LogP contribution in [0.4, 0.5) is 10.5 Å². The lowest BCUT2D eigenvalue weighted by Gasteiger charge is -2.15. The van der Waals surface area contributed by atoms with Gasteiger partial charge in [-0.1, -0.05) is 25.1 Å². The van der Waals surface area contributed by atoms with Gasteiger partial charge in [-0.25, -0.2) is 4.79 Å². The van der Waals surface area contributed by atoms with Crippen LogP contribution in [-0.2, 0) is 16.1 Å². The first-order valence-corrected chi connectivity index (χ1v) is 8.11. The van der Waals surface area contributed by atoms with Crippen molar-refractivity contribution in [1.82, 2.24) is 4.90 Å². The number of ether oxygens (including phenoxy) is 2. The highest BCUT2D eigenvalue weighted by Crippen LogP contribution is 2.16. The van der Waals surface area contributed by atoms with Gasteiger partial charge in [0, 0.05) is 24.4 Å². The molecule has 0 aromatic heterocycles. The number of benzene rings is 1. The molecule has 1 aromatic carbocycles. The first-order chi connectivity index (χ1) is 10.8. The molecule has 1 saturated heterocycles. The van der Waals surface area contributed by atoms with Crippen LogP contribution in [0.1, 0.15) is 31.7 Å². The van der Waals surface area contributed by atoms with Gasteiger partial charge >= 0.3 is 6.09 Å². The molecule has 0 spiro atoms. The average molecular weight is 306 g/mol. The van der Waals surface area contributed by atoms with Gasteiger partial charge in [-0.05, 0) is 38.4 Å². The maximum atomic E-state index is 11.9. The molecule has 1 N–H and O–H groups in total. The van der Waals surface area contributed by atoms with Gasteiger partial charge in [0.25, 0.3) is 0 Å². The van der Waals surface area contributed by atoms with E-state index in [0.29, 0.717) is 19.8 Å². The van der Waals surface area contributed by atoms with Crippen LogP contribution in [0.15, 0.2) is 24.3 Å². The van der Waals surface area contributed by atoms with Crippen LogP contribution < -0.4 is 5.32 Å². The molecule has 1 aromatic rings. The summed E-state index contributed by atoms with van der Waals surface area (Å²) in [5.41, 5.74) is 1.72. The van der Waals surface area contributed by atoms with Crippen LogP contribution in [-0.4, -0.2) is 43.8 Å². The predicted octanol–water partition coefficient (Wildman–Crippen LogP) is 3.26. The summed E-state index contributed by atoms with van der Waals surface area (Å²) in [6, 6.07) is 7.65. The molecule has 0 saturated carbocycles. The molecule has 0 unspecified atom stereocenters. The first kappa shape index (κ1) is 16.8. The van der Waals surface area contributed by atoms with Crippen molar-refractivity contribution in [2.75, 3.05) is 38.2 Å². The van der Waals surface area contributed by atoms with E-state index in [-0.39, 0.29) is 0 Å². The van der Waals surface area contributed by atoms with E-state index in [4.69, 9.17) is 9.47 Å². The normalized spacial score (nSPS) is 15.0. The van der Waals surface area contributed by atoms with Gasteiger partial charge in [0.1, 0.15) is 6.61 Å². The number of anilines is 1. The van der Waals surface area contributed by atoms with Crippen LogP contribution in [0.2, 0.25) is 0 Å². The average Bonchev–Trinajstić information content (AvgIpc) is 3.02. The number of hydrogen-bond acceptors (Lipinski definition) is 4. The van der Waals surface area contributed by atoms with E-state index >= 15 is 0 Å². The molecule has 0 aliphatic carbocycles. The molecule has 5 nitrogen and oxygen atoms in total. The lowest BCUT2D eigenvalue weighted by Crippen LogP contribution is -2.26. The molecule has 1 aliphatic heterocycles. The molecule has 2 rings (SSSR count). The summed E-state index contributed by atoms with van der Waals surface area (Å²) in [7, 11) is 0. The number of para-hydroxylation sites is 1. The molecule has 0 atom stereocenters. The fourth-order valence-corrected chi connectivity index (χ4v) is 2.51. The Morgan fingerprint density at radius 3 is 2.77 bits per heavy atom. The van der Waals surface area contributed by atoms with E-state index in [2.05, 4.69) is 17.1 Å². The highest BCUT2D eigenvalue weighted by Gasteiger charge is 2.12. The van der Waals surface area contributed by atoms with Gasteiger partial charge < -0.3 is 9.47 Å². The van der Waals surface area contributed by atoms with Crippen molar-refractivity contribution in [3.63, 3.8) is 0 Å². The third-order valence-electron chi connectivity index (χ3n) is 3.70. The fraction of sp³-hybridized carbons (Fsp3) is 0.588. The minimum atomic E-state index is -0.401.